The number of hydrogen-bond acceptors (Lipinski definition) is 5. The Balaban J connectivity index is 1.33. The number of piperazine rings is 1. The Hall–Kier alpha value is -3.24. The van der Waals surface area contributed by atoms with Crippen molar-refractivity contribution in [1.82, 2.24) is 19.4 Å². The summed E-state index contributed by atoms with van der Waals surface area (Å²) >= 11 is 0. The maximum Gasteiger partial charge on any atom is 0.325 e. The fourth-order valence-corrected chi connectivity index (χ4v) is 5.79. The van der Waals surface area contributed by atoms with Gasteiger partial charge in [0.2, 0.25) is 15.9 Å². The van der Waals surface area contributed by atoms with Crippen LogP contribution in [0.25, 0.3) is 0 Å². The fourth-order valence-electron chi connectivity index (χ4n) is 4.37. The van der Waals surface area contributed by atoms with Crippen LogP contribution in [0.4, 0.5) is 4.79 Å². The summed E-state index contributed by atoms with van der Waals surface area (Å²) in [7, 11) is -3.65. The third kappa shape index (κ3) is 5.23. The lowest BCUT2D eigenvalue weighted by molar-refractivity contribution is -0.139. The monoisotopic (exact) mass is 498 g/mol. The maximum absolute atomic E-state index is 13.0. The zero-order valence-corrected chi connectivity index (χ0v) is 20.8. The van der Waals surface area contributed by atoms with Crippen LogP contribution in [0.1, 0.15) is 24.5 Å². The molecule has 4 rings (SSSR count). The largest absolute Gasteiger partial charge is 0.338 e. The molecule has 0 unspecified atom stereocenters. The van der Waals surface area contributed by atoms with Crippen LogP contribution in [0.5, 0.6) is 0 Å². The number of urea groups is 1. The minimum absolute atomic E-state index is 0.150. The zero-order valence-electron chi connectivity index (χ0n) is 19.9. The molecule has 2 aromatic rings. The topological polar surface area (TPSA) is 107 Å². The molecule has 9 nitrogen and oxygen atoms in total. The summed E-state index contributed by atoms with van der Waals surface area (Å²) in [5.74, 6) is -0.805. The van der Waals surface area contributed by atoms with E-state index in [1.54, 1.807) is 31.2 Å². The summed E-state index contributed by atoms with van der Waals surface area (Å²) in [5.41, 5.74) is 0.952. The van der Waals surface area contributed by atoms with Gasteiger partial charge in [0.05, 0.1) is 4.90 Å². The molecule has 0 aliphatic carbocycles. The molecule has 2 saturated heterocycles. The first kappa shape index (κ1) is 24.9. The van der Waals surface area contributed by atoms with E-state index in [9.17, 15) is 22.8 Å². The number of rotatable bonds is 7. The number of imide groups is 1. The standard InChI is InChI=1S/C25H30N4O5S/c1-19-8-10-21(11-9-19)35(33,34)28-16-14-27(15-17-28)22(30)18-29-23(31)25(2,26-24(29)32)13-12-20-6-4-3-5-7-20/h3-11H,12-18H2,1-2H3,(H,26,32)/t25-/m0/s1. The molecule has 4 amide bonds. The molecular formula is C25H30N4O5S. The second-order valence-corrected chi connectivity index (χ2v) is 11.2. The number of hydrogen-bond donors (Lipinski definition) is 1. The highest BCUT2D eigenvalue weighted by atomic mass is 32.2. The van der Waals surface area contributed by atoms with Crippen molar-refractivity contribution in [1.29, 1.82) is 0 Å². The molecule has 2 fully saturated rings. The first-order valence-electron chi connectivity index (χ1n) is 11.6. The molecule has 0 aromatic heterocycles. The van der Waals surface area contributed by atoms with Crippen molar-refractivity contribution in [2.75, 3.05) is 32.7 Å². The highest BCUT2D eigenvalue weighted by molar-refractivity contribution is 7.89. The number of benzene rings is 2. The molecule has 2 aromatic carbocycles. The van der Waals surface area contributed by atoms with Gasteiger partial charge >= 0.3 is 6.03 Å². The van der Waals surface area contributed by atoms with Crippen LogP contribution in [0.15, 0.2) is 59.5 Å². The third-order valence-corrected chi connectivity index (χ3v) is 8.56. The van der Waals surface area contributed by atoms with E-state index in [1.807, 2.05) is 37.3 Å². The quantitative estimate of drug-likeness (QED) is 0.586. The highest BCUT2D eigenvalue weighted by Gasteiger charge is 2.48. The normalized spacial score (nSPS) is 21.3. The number of nitrogens with zero attached hydrogens (tertiary/aromatic N) is 3. The molecule has 0 spiro atoms. The Kier molecular flexibility index (Phi) is 6.95. The molecule has 10 heteroatoms. The number of amides is 4. The Morgan fingerprint density at radius 1 is 0.971 bits per heavy atom. The van der Waals surface area contributed by atoms with E-state index < -0.39 is 27.5 Å². The van der Waals surface area contributed by atoms with Crippen LogP contribution in [-0.4, -0.2) is 78.6 Å². The van der Waals surface area contributed by atoms with Crippen LogP contribution < -0.4 is 5.32 Å². The van der Waals surface area contributed by atoms with E-state index in [1.165, 1.54) is 9.21 Å². The number of sulfonamides is 1. The molecule has 2 heterocycles. The van der Waals surface area contributed by atoms with E-state index in [-0.39, 0.29) is 43.5 Å². The summed E-state index contributed by atoms with van der Waals surface area (Å²) in [4.78, 5) is 41.1. The highest BCUT2D eigenvalue weighted by Crippen LogP contribution is 2.24. The van der Waals surface area contributed by atoms with Gasteiger partial charge in [0, 0.05) is 26.2 Å². The summed E-state index contributed by atoms with van der Waals surface area (Å²) in [6.07, 6.45) is 1.03. The Morgan fingerprint density at radius 2 is 1.60 bits per heavy atom. The van der Waals surface area contributed by atoms with Gasteiger partial charge in [-0.25, -0.2) is 13.2 Å². The van der Waals surface area contributed by atoms with Gasteiger partial charge in [0.15, 0.2) is 0 Å². The molecular weight excluding hydrogens is 468 g/mol. The SMILES string of the molecule is Cc1ccc(S(=O)(=O)N2CCN(C(=O)CN3C(=O)N[C@@](C)(CCc4ccccc4)C3=O)CC2)cc1. The second-order valence-electron chi connectivity index (χ2n) is 9.24. The van der Waals surface area contributed by atoms with Gasteiger partial charge in [-0.15, -0.1) is 0 Å². The van der Waals surface area contributed by atoms with Gasteiger partial charge in [-0.3, -0.25) is 14.5 Å². The summed E-state index contributed by atoms with van der Waals surface area (Å²) in [5, 5.41) is 2.74. The van der Waals surface area contributed by atoms with E-state index >= 15 is 0 Å². The smallest absolute Gasteiger partial charge is 0.325 e. The predicted molar refractivity (Wildman–Crippen MR) is 130 cm³/mol. The predicted octanol–water partition coefficient (Wildman–Crippen LogP) is 1.77. The van der Waals surface area contributed by atoms with E-state index in [2.05, 4.69) is 5.32 Å². The van der Waals surface area contributed by atoms with Gasteiger partial charge in [-0.1, -0.05) is 48.0 Å². The summed E-state index contributed by atoms with van der Waals surface area (Å²) < 4.78 is 27.1. The molecule has 2 aliphatic heterocycles. The zero-order chi connectivity index (χ0) is 25.2. The molecule has 0 saturated carbocycles. The molecule has 35 heavy (non-hydrogen) atoms. The van der Waals surface area contributed by atoms with Gasteiger partial charge < -0.3 is 10.2 Å². The van der Waals surface area contributed by atoms with Crippen molar-refractivity contribution in [3.63, 3.8) is 0 Å². The second kappa shape index (κ2) is 9.79. The molecule has 0 radical (unpaired) electrons. The number of nitrogens with one attached hydrogen (secondary N) is 1. The minimum Gasteiger partial charge on any atom is -0.338 e. The first-order valence-corrected chi connectivity index (χ1v) is 13.1. The molecule has 186 valence electrons. The maximum atomic E-state index is 13.0. The molecule has 1 atom stereocenters. The average Bonchev–Trinajstić information content (AvgIpc) is 3.07. The van der Waals surface area contributed by atoms with Crippen molar-refractivity contribution in [2.45, 2.75) is 37.1 Å². The van der Waals surface area contributed by atoms with Crippen LogP contribution in [0.2, 0.25) is 0 Å². The summed E-state index contributed by atoms with van der Waals surface area (Å²) in [6.45, 7) is 3.88. The van der Waals surface area contributed by atoms with Crippen LogP contribution in [0, 0.1) is 6.92 Å². The number of carbonyl (C=O) groups excluding carboxylic acids is 3. The lowest BCUT2D eigenvalue weighted by atomic mass is 9.93. The number of aryl methyl sites for hydroxylation is 2. The van der Waals surface area contributed by atoms with Crippen LogP contribution in [0.3, 0.4) is 0 Å². The van der Waals surface area contributed by atoms with Gasteiger partial charge in [-0.2, -0.15) is 4.31 Å². The van der Waals surface area contributed by atoms with Crippen LogP contribution >= 0.6 is 0 Å². The van der Waals surface area contributed by atoms with Gasteiger partial charge in [0.25, 0.3) is 5.91 Å². The summed E-state index contributed by atoms with van der Waals surface area (Å²) in [6, 6.07) is 15.8. The third-order valence-electron chi connectivity index (χ3n) is 6.65. The molecule has 1 N–H and O–H groups in total. The van der Waals surface area contributed by atoms with Gasteiger partial charge in [0.1, 0.15) is 12.1 Å². The van der Waals surface area contributed by atoms with E-state index in [0.717, 1.165) is 16.0 Å². The Labute approximate surface area is 205 Å². The minimum atomic E-state index is -3.65. The molecule has 2 aliphatic rings. The van der Waals surface area contributed by atoms with Crippen molar-refractivity contribution < 1.29 is 22.8 Å². The van der Waals surface area contributed by atoms with E-state index in [0.29, 0.717) is 12.8 Å². The van der Waals surface area contributed by atoms with Crippen molar-refractivity contribution in [3.05, 3.63) is 65.7 Å². The van der Waals surface area contributed by atoms with Crippen molar-refractivity contribution in [3.8, 4) is 0 Å². The van der Waals surface area contributed by atoms with Crippen molar-refractivity contribution >= 4 is 27.9 Å². The number of carbonyl (C=O) groups is 3. The van der Waals surface area contributed by atoms with Gasteiger partial charge in [-0.05, 0) is 44.4 Å². The van der Waals surface area contributed by atoms with Crippen molar-refractivity contribution in [2.24, 2.45) is 0 Å². The first-order chi connectivity index (χ1) is 16.6. The molecule has 0 bridgehead atoms. The fraction of sp³-hybridized carbons (Fsp3) is 0.400. The van der Waals surface area contributed by atoms with Crippen LogP contribution in [-0.2, 0) is 26.0 Å². The Morgan fingerprint density at radius 3 is 2.23 bits per heavy atom. The van der Waals surface area contributed by atoms with E-state index in [4.69, 9.17) is 0 Å². The lowest BCUT2D eigenvalue weighted by Gasteiger charge is -2.34. The Bertz CT molecular complexity index is 1210. The average molecular weight is 499 g/mol. The lowest BCUT2D eigenvalue weighted by Crippen LogP contribution is -2.53.